The Morgan fingerprint density at radius 2 is 1.76 bits per heavy atom. The van der Waals surface area contributed by atoms with E-state index in [0.717, 1.165) is 54.0 Å². The molecule has 11 heteroatoms. The molecule has 1 fully saturated rings. The number of hydrogen-bond acceptors (Lipinski definition) is 7. The number of amides is 2. The van der Waals surface area contributed by atoms with E-state index in [1.54, 1.807) is 0 Å². The van der Waals surface area contributed by atoms with Crippen molar-refractivity contribution >= 4 is 27.7 Å². The van der Waals surface area contributed by atoms with Crippen LogP contribution in [0.5, 0.6) is 0 Å². The molecule has 0 radical (unpaired) electrons. The Bertz CT molecular complexity index is 1120. The number of hydroxylamine groups is 1. The zero-order chi connectivity index (χ0) is 23.0. The summed E-state index contributed by atoms with van der Waals surface area (Å²) in [5.41, 5.74) is 5.01. The highest BCUT2D eigenvalue weighted by molar-refractivity contribution is 7.91. The fraction of sp³-hybridized carbons (Fsp3) is 0.500. The quantitative estimate of drug-likeness (QED) is 0.663. The van der Waals surface area contributed by atoms with Crippen LogP contribution in [0.3, 0.4) is 0 Å². The van der Waals surface area contributed by atoms with E-state index in [-0.39, 0.29) is 5.82 Å². The van der Waals surface area contributed by atoms with Crippen LogP contribution < -0.4 is 9.62 Å². The van der Waals surface area contributed by atoms with Gasteiger partial charge in [-0.1, -0.05) is 6.07 Å². The van der Waals surface area contributed by atoms with Gasteiger partial charge in [0.25, 0.3) is 0 Å². The van der Waals surface area contributed by atoms with Gasteiger partial charge in [-0.25, -0.2) is 9.10 Å². The van der Waals surface area contributed by atoms with Crippen molar-refractivity contribution in [1.82, 2.24) is 14.7 Å². The zero-order valence-electron chi connectivity index (χ0n) is 18.2. The number of anilines is 2. The molecule has 0 unspecified atom stereocenters. The number of carbonyl (C=O) groups excluding carboxylic acids is 1. The number of rotatable bonds is 5. The highest BCUT2D eigenvalue weighted by Gasteiger charge is 2.36. The summed E-state index contributed by atoms with van der Waals surface area (Å²) in [4.78, 5) is 13.0. The van der Waals surface area contributed by atoms with Gasteiger partial charge in [0.15, 0.2) is 5.82 Å². The van der Waals surface area contributed by atoms with Crippen LogP contribution in [0.25, 0.3) is 0 Å². The number of nitrogens with zero attached hydrogens (tertiary/aromatic N) is 4. The molecular formula is C22H26N5O5S-. The highest BCUT2D eigenvalue weighted by Crippen LogP contribution is 2.39. The first kappa shape index (κ1) is 22.1. The van der Waals surface area contributed by atoms with Crippen LogP contribution in [0.15, 0.2) is 24.4 Å². The zero-order valence-corrected chi connectivity index (χ0v) is 19.0. The second-order valence-corrected chi connectivity index (χ2v) is 10.2. The number of aromatic nitrogens is 2. The van der Waals surface area contributed by atoms with Gasteiger partial charge >= 0.3 is 16.2 Å². The Balaban J connectivity index is 1.46. The number of urea groups is 1. The van der Waals surface area contributed by atoms with Crippen molar-refractivity contribution in [2.45, 2.75) is 57.4 Å². The van der Waals surface area contributed by atoms with Gasteiger partial charge in [-0.2, -0.15) is 13.5 Å². The smallest absolute Gasteiger partial charge is 0.326 e. The number of hydrogen-bond donors (Lipinski definition) is 1. The molecule has 0 atom stereocenters. The maximum absolute atomic E-state index is 13.4. The summed E-state index contributed by atoms with van der Waals surface area (Å²) in [5.74, 6) is -0.000422. The van der Waals surface area contributed by atoms with E-state index in [1.807, 2.05) is 0 Å². The number of carbonyl (C=O) groups is 1. The average Bonchev–Trinajstić information content (AvgIpc) is 3.49. The standard InChI is InChI=1S/C22H26N5O5S/c28-22(24-21-18-6-1-4-15(18)14-16-5-2-7-19(16)21)27(29)33(30,31)26(17-9-12-32-13-10-17)20-8-3-11-23-25-20/h3,8,11,14,17H,1-2,4-7,9-10,12-13H2,(H,24,28)/q-1. The minimum absolute atomic E-state index is 0.000422. The molecule has 1 N–H and O–H groups in total. The summed E-state index contributed by atoms with van der Waals surface area (Å²) >= 11 is 0. The molecule has 0 saturated carbocycles. The van der Waals surface area contributed by atoms with Gasteiger partial charge in [0.2, 0.25) is 0 Å². The predicted octanol–water partition coefficient (Wildman–Crippen LogP) is 2.72. The molecule has 2 amide bonds. The largest absolute Gasteiger partial charge is 0.740 e. The number of nitrogens with one attached hydrogen (secondary N) is 1. The van der Waals surface area contributed by atoms with Crippen molar-refractivity contribution in [1.29, 1.82) is 0 Å². The van der Waals surface area contributed by atoms with Crippen LogP contribution in [0.1, 0.15) is 47.9 Å². The summed E-state index contributed by atoms with van der Waals surface area (Å²) in [6.07, 6.45) is 7.58. The van der Waals surface area contributed by atoms with Crippen molar-refractivity contribution < 1.29 is 17.9 Å². The van der Waals surface area contributed by atoms with Crippen LogP contribution in [0.2, 0.25) is 0 Å². The summed E-state index contributed by atoms with van der Waals surface area (Å²) < 4.78 is 32.6. The number of ether oxygens (including phenoxy) is 1. The molecule has 0 spiro atoms. The second kappa shape index (κ2) is 8.88. The maximum Gasteiger partial charge on any atom is 0.326 e. The summed E-state index contributed by atoms with van der Waals surface area (Å²) in [6.45, 7) is 0.703. The lowest BCUT2D eigenvalue weighted by molar-refractivity contribution is 0.0873. The lowest BCUT2D eigenvalue weighted by atomic mass is 9.99. The SMILES string of the molecule is O=C(Nc1c2c(cc3c1CCC3)CCC2)N([O-])S(=O)(=O)N(c1cccnn1)C1CCOCC1. The van der Waals surface area contributed by atoms with E-state index in [4.69, 9.17) is 4.74 Å². The van der Waals surface area contributed by atoms with E-state index in [1.165, 1.54) is 29.5 Å². The topological polar surface area (TPSA) is 128 Å². The molecule has 10 nitrogen and oxygen atoms in total. The molecule has 1 aliphatic heterocycles. The molecule has 3 aliphatic rings. The third-order valence-electron chi connectivity index (χ3n) is 6.64. The van der Waals surface area contributed by atoms with E-state index in [2.05, 4.69) is 21.6 Å². The molecule has 1 aromatic heterocycles. The van der Waals surface area contributed by atoms with Crippen LogP contribution >= 0.6 is 0 Å². The molecule has 2 aliphatic carbocycles. The van der Waals surface area contributed by atoms with Crippen molar-refractivity contribution in [3.8, 4) is 0 Å². The van der Waals surface area contributed by atoms with Crippen LogP contribution in [0.4, 0.5) is 16.3 Å². The second-order valence-electron chi connectivity index (χ2n) is 8.62. The molecule has 1 saturated heterocycles. The lowest BCUT2D eigenvalue weighted by Gasteiger charge is -2.39. The highest BCUT2D eigenvalue weighted by atomic mass is 32.2. The van der Waals surface area contributed by atoms with Gasteiger partial charge in [-0.05, 0) is 85.8 Å². The van der Waals surface area contributed by atoms with Crippen molar-refractivity contribution in [2.75, 3.05) is 22.8 Å². The van der Waals surface area contributed by atoms with Gasteiger partial charge in [-0.3, -0.25) is 4.47 Å². The Morgan fingerprint density at radius 1 is 1.09 bits per heavy atom. The van der Waals surface area contributed by atoms with E-state index < -0.39 is 26.8 Å². The Morgan fingerprint density at radius 3 is 2.36 bits per heavy atom. The Kier molecular flexibility index (Phi) is 5.94. The fourth-order valence-electron chi connectivity index (χ4n) is 5.13. The molecule has 0 bridgehead atoms. The van der Waals surface area contributed by atoms with Crippen molar-refractivity contribution in [3.63, 3.8) is 0 Å². The number of fused-ring (bicyclic) bond motifs is 2. The predicted molar refractivity (Wildman–Crippen MR) is 122 cm³/mol. The van der Waals surface area contributed by atoms with Gasteiger partial charge in [0, 0.05) is 25.1 Å². The lowest BCUT2D eigenvalue weighted by Crippen LogP contribution is -2.51. The van der Waals surface area contributed by atoms with Crippen LogP contribution in [-0.4, -0.2) is 48.4 Å². The number of benzene rings is 1. The van der Waals surface area contributed by atoms with Crippen LogP contribution in [0, 0.1) is 5.21 Å². The van der Waals surface area contributed by atoms with Gasteiger partial charge < -0.3 is 15.3 Å². The fourth-order valence-corrected chi connectivity index (χ4v) is 6.46. The average molecular weight is 473 g/mol. The third kappa shape index (κ3) is 4.04. The summed E-state index contributed by atoms with van der Waals surface area (Å²) in [5, 5.41) is 23.3. The first-order valence-electron chi connectivity index (χ1n) is 11.3. The van der Waals surface area contributed by atoms with E-state index >= 15 is 0 Å². The Labute approximate surface area is 192 Å². The van der Waals surface area contributed by atoms with Crippen LogP contribution in [-0.2, 0) is 40.6 Å². The monoisotopic (exact) mass is 472 g/mol. The van der Waals surface area contributed by atoms with Gasteiger partial charge in [-0.15, -0.1) is 5.10 Å². The molecule has 2 aromatic rings. The van der Waals surface area contributed by atoms with Gasteiger partial charge in [0.1, 0.15) is 0 Å². The molecule has 176 valence electrons. The van der Waals surface area contributed by atoms with Crippen molar-refractivity contribution in [2.24, 2.45) is 0 Å². The first-order valence-corrected chi connectivity index (χ1v) is 12.7. The maximum atomic E-state index is 13.4. The minimum atomic E-state index is -4.76. The normalized spacial score (nSPS) is 18.0. The van der Waals surface area contributed by atoms with E-state index in [9.17, 15) is 18.4 Å². The summed E-state index contributed by atoms with van der Waals surface area (Å²) in [6, 6.07) is 3.42. The van der Waals surface area contributed by atoms with Crippen molar-refractivity contribution in [3.05, 3.63) is 51.9 Å². The summed E-state index contributed by atoms with van der Waals surface area (Å²) in [7, 11) is -4.76. The molecule has 1 aromatic carbocycles. The first-order chi connectivity index (χ1) is 16.0. The van der Waals surface area contributed by atoms with E-state index in [0.29, 0.717) is 31.7 Å². The molecule has 33 heavy (non-hydrogen) atoms. The minimum Gasteiger partial charge on any atom is -0.740 e. The third-order valence-corrected chi connectivity index (χ3v) is 8.20. The number of aryl methyl sites for hydroxylation is 2. The molecule has 5 rings (SSSR count). The molecule has 2 heterocycles. The Hall–Kier alpha value is -2.76. The molecular weight excluding hydrogens is 446 g/mol. The van der Waals surface area contributed by atoms with Gasteiger partial charge in [0.05, 0.1) is 6.04 Å².